The number of aromatic nitrogens is 2. The number of carbonyl (C=O) groups excluding carboxylic acids is 2. The van der Waals surface area contributed by atoms with Gasteiger partial charge in [-0.1, -0.05) is 26.0 Å². The summed E-state index contributed by atoms with van der Waals surface area (Å²) in [4.78, 5) is 44.5. The number of hydrogen-bond acceptors (Lipinski definition) is 6. The van der Waals surface area contributed by atoms with Crippen LogP contribution in [-0.2, 0) is 11.3 Å². The number of esters is 1. The average Bonchev–Trinajstić information content (AvgIpc) is 3.02. The second-order valence-electron chi connectivity index (χ2n) is 8.43. The highest BCUT2D eigenvalue weighted by Gasteiger charge is 2.24. The SMILES string of the molecule is Cc1ccc(C(=O)Cn2c(C(C)C)nc3sc(C(=O)OC(C)C)c(C)c3c2=O)cc1C. The summed E-state index contributed by atoms with van der Waals surface area (Å²) in [5.74, 6) is -0.155. The Morgan fingerprint density at radius 1 is 1.10 bits per heavy atom. The molecule has 31 heavy (non-hydrogen) atoms. The molecule has 3 rings (SSSR count). The number of ketones is 1. The summed E-state index contributed by atoms with van der Waals surface area (Å²) in [5.41, 5.74) is 2.94. The van der Waals surface area contributed by atoms with E-state index in [1.54, 1.807) is 26.8 Å². The van der Waals surface area contributed by atoms with Gasteiger partial charge < -0.3 is 4.74 Å². The smallest absolute Gasteiger partial charge is 0.348 e. The molecule has 0 saturated carbocycles. The Labute approximate surface area is 185 Å². The molecular weight excluding hydrogens is 412 g/mol. The van der Waals surface area contributed by atoms with E-state index in [1.807, 2.05) is 39.8 Å². The highest BCUT2D eigenvalue weighted by Crippen LogP contribution is 2.29. The number of thiophene rings is 1. The van der Waals surface area contributed by atoms with Crippen molar-refractivity contribution in [2.45, 2.75) is 67.0 Å². The molecule has 0 amide bonds. The van der Waals surface area contributed by atoms with Crippen molar-refractivity contribution in [3.8, 4) is 0 Å². The van der Waals surface area contributed by atoms with Crippen molar-refractivity contribution in [1.29, 1.82) is 0 Å². The molecule has 7 heteroatoms. The molecule has 0 atom stereocenters. The van der Waals surface area contributed by atoms with Gasteiger partial charge in [0.05, 0.1) is 18.0 Å². The Bertz CT molecular complexity index is 1230. The molecule has 0 unspecified atom stereocenters. The summed E-state index contributed by atoms with van der Waals surface area (Å²) >= 11 is 1.16. The van der Waals surface area contributed by atoms with Gasteiger partial charge >= 0.3 is 5.97 Å². The fraction of sp³-hybridized carbons (Fsp3) is 0.417. The largest absolute Gasteiger partial charge is 0.459 e. The van der Waals surface area contributed by atoms with Crippen LogP contribution in [0.1, 0.15) is 76.2 Å². The highest BCUT2D eigenvalue weighted by molar-refractivity contribution is 7.20. The van der Waals surface area contributed by atoms with E-state index in [1.165, 1.54) is 4.57 Å². The van der Waals surface area contributed by atoms with Crippen LogP contribution in [-0.4, -0.2) is 27.4 Å². The van der Waals surface area contributed by atoms with E-state index in [0.717, 1.165) is 22.5 Å². The van der Waals surface area contributed by atoms with Gasteiger partial charge in [-0.25, -0.2) is 9.78 Å². The minimum Gasteiger partial charge on any atom is -0.459 e. The van der Waals surface area contributed by atoms with Crippen LogP contribution >= 0.6 is 11.3 Å². The predicted octanol–water partition coefficient (Wildman–Crippen LogP) is 4.95. The molecule has 0 saturated heterocycles. The van der Waals surface area contributed by atoms with Gasteiger partial charge in [-0.15, -0.1) is 11.3 Å². The molecule has 0 radical (unpaired) electrons. The second-order valence-corrected chi connectivity index (χ2v) is 9.43. The van der Waals surface area contributed by atoms with Gasteiger partial charge in [0.15, 0.2) is 5.78 Å². The molecule has 0 N–H and O–H groups in total. The summed E-state index contributed by atoms with van der Waals surface area (Å²) in [6.45, 7) is 13.0. The van der Waals surface area contributed by atoms with E-state index in [-0.39, 0.29) is 29.9 Å². The maximum Gasteiger partial charge on any atom is 0.348 e. The Hall–Kier alpha value is -2.80. The molecule has 6 nitrogen and oxygen atoms in total. The van der Waals surface area contributed by atoms with E-state index in [9.17, 15) is 14.4 Å². The number of rotatable bonds is 6. The third-order valence-electron chi connectivity index (χ3n) is 5.25. The summed E-state index contributed by atoms with van der Waals surface area (Å²) in [5, 5.41) is 0.373. The van der Waals surface area contributed by atoms with Crippen LogP contribution in [0, 0.1) is 20.8 Å². The van der Waals surface area contributed by atoms with Crippen LogP contribution in [0.5, 0.6) is 0 Å². The first-order valence-corrected chi connectivity index (χ1v) is 11.2. The van der Waals surface area contributed by atoms with E-state index >= 15 is 0 Å². The van der Waals surface area contributed by atoms with Crippen LogP contribution in [0.15, 0.2) is 23.0 Å². The van der Waals surface area contributed by atoms with E-state index in [2.05, 4.69) is 4.98 Å². The number of ether oxygens (including phenoxy) is 1. The first-order chi connectivity index (χ1) is 14.5. The zero-order chi connectivity index (χ0) is 23.0. The van der Waals surface area contributed by atoms with Crippen LogP contribution in [0.3, 0.4) is 0 Å². The Balaban J connectivity index is 2.13. The number of Topliss-reactive ketones (excluding diaryl/α,β-unsaturated/α-hetero) is 1. The zero-order valence-corrected chi connectivity index (χ0v) is 19.8. The zero-order valence-electron chi connectivity index (χ0n) is 19.0. The lowest BCUT2D eigenvalue weighted by atomic mass is 10.0. The van der Waals surface area contributed by atoms with Crippen molar-refractivity contribution in [1.82, 2.24) is 9.55 Å². The summed E-state index contributed by atoms with van der Waals surface area (Å²) in [7, 11) is 0. The molecule has 164 valence electrons. The predicted molar refractivity (Wildman–Crippen MR) is 124 cm³/mol. The first-order valence-electron chi connectivity index (χ1n) is 10.4. The molecular formula is C24H28N2O4S. The molecule has 0 aliphatic carbocycles. The van der Waals surface area contributed by atoms with Crippen LogP contribution in [0.4, 0.5) is 0 Å². The van der Waals surface area contributed by atoms with Gasteiger partial charge in [0.1, 0.15) is 15.5 Å². The molecule has 2 aromatic heterocycles. The topological polar surface area (TPSA) is 78.3 Å². The Morgan fingerprint density at radius 2 is 1.77 bits per heavy atom. The summed E-state index contributed by atoms with van der Waals surface area (Å²) in [6.07, 6.45) is -0.261. The normalized spacial score (nSPS) is 11.5. The maximum absolute atomic E-state index is 13.4. The van der Waals surface area contributed by atoms with Gasteiger partial charge in [0, 0.05) is 11.5 Å². The lowest BCUT2D eigenvalue weighted by Crippen LogP contribution is -2.29. The number of fused-ring (bicyclic) bond motifs is 1. The lowest BCUT2D eigenvalue weighted by Gasteiger charge is -2.15. The number of carbonyl (C=O) groups is 2. The fourth-order valence-electron chi connectivity index (χ4n) is 3.44. The molecule has 2 heterocycles. The molecule has 0 aliphatic heterocycles. The molecule has 0 aliphatic rings. The Kier molecular flexibility index (Phi) is 6.46. The lowest BCUT2D eigenvalue weighted by molar-refractivity contribution is 0.0383. The van der Waals surface area contributed by atoms with Crippen LogP contribution in [0.2, 0.25) is 0 Å². The van der Waals surface area contributed by atoms with Crippen molar-refractivity contribution in [3.63, 3.8) is 0 Å². The second kappa shape index (κ2) is 8.75. The first kappa shape index (κ1) is 22.9. The van der Waals surface area contributed by atoms with Gasteiger partial charge in [0.2, 0.25) is 0 Å². The summed E-state index contributed by atoms with van der Waals surface area (Å²) < 4.78 is 6.76. The van der Waals surface area contributed by atoms with Crippen LogP contribution < -0.4 is 5.56 Å². The van der Waals surface area contributed by atoms with Gasteiger partial charge in [-0.3, -0.25) is 14.2 Å². The molecule has 3 aromatic rings. The third kappa shape index (κ3) is 4.46. The average molecular weight is 441 g/mol. The number of nitrogens with zero attached hydrogens (tertiary/aromatic N) is 2. The van der Waals surface area contributed by atoms with E-state index in [0.29, 0.717) is 32.0 Å². The molecule has 1 aromatic carbocycles. The van der Waals surface area contributed by atoms with Crippen molar-refractivity contribution in [2.75, 3.05) is 0 Å². The number of hydrogen-bond donors (Lipinski definition) is 0. The fourth-order valence-corrected chi connectivity index (χ4v) is 4.50. The quantitative estimate of drug-likeness (QED) is 0.400. The molecule has 0 spiro atoms. The standard InChI is InChI=1S/C24H28N2O4S/c1-12(2)21-25-22-19(16(7)20(31-22)24(29)30-13(3)4)23(28)26(21)11-18(27)17-9-8-14(5)15(6)10-17/h8-10,12-13H,11H2,1-7H3. The minimum absolute atomic E-state index is 0.0712. The number of aryl methyl sites for hydroxylation is 3. The van der Waals surface area contributed by atoms with Gasteiger partial charge in [0.25, 0.3) is 5.56 Å². The van der Waals surface area contributed by atoms with E-state index < -0.39 is 5.97 Å². The van der Waals surface area contributed by atoms with Gasteiger partial charge in [-0.05, 0) is 57.4 Å². The monoisotopic (exact) mass is 440 g/mol. The molecule has 0 fully saturated rings. The van der Waals surface area contributed by atoms with Crippen LogP contribution in [0.25, 0.3) is 10.2 Å². The summed E-state index contributed by atoms with van der Waals surface area (Å²) in [6, 6.07) is 5.54. The highest BCUT2D eigenvalue weighted by atomic mass is 32.1. The maximum atomic E-state index is 13.4. The van der Waals surface area contributed by atoms with Crippen molar-refractivity contribution in [3.05, 3.63) is 61.5 Å². The third-order valence-corrected chi connectivity index (χ3v) is 6.42. The van der Waals surface area contributed by atoms with Gasteiger partial charge in [-0.2, -0.15) is 0 Å². The minimum atomic E-state index is -0.459. The Morgan fingerprint density at radius 3 is 2.35 bits per heavy atom. The van der Waals surface area contributed by atoms with Crippen molar-refractivity contribution in [2.24, 2.45) is 0 Å². The van der Waals surface area contributed by atoms with Crippen molar-refractivity contribution >= 4 is 33.3 Å². The molecule has 0 bridgehead atoms. The number of benzene rings is 1. The van der Waals surface area contributed by atoms with Crippen molar-refractivity contribution < 1.29 is 14.3 Å². The van der Waals surface area contributed by atoms with E-state index in [4.69, 9.17) is 4.74 Å².